The van der Waals surface area contributed by atoms with E-state index in [9.17, 15) is 4.39 Å². The Balaban J connectivity index is 2.64. The maximum absolute atomic E-state index is 13.5. The number of aromatic nitrogens is 1. The Labute approximate surface area is 105 Å². The topological polar surface area (TPSA) is 12.9 Å². The maximum Gasteiger partial charge on any atom is 0.137 e. The van der Waals surface area contributed by atoms with Crippen LogP contribution in [-0.2, 0) is 0 Å². The van der Waals surface area contributed by atoms with Crippen molar-refractivity contribution in [3.8, 4) is 11.1 Å². The Morgan fingerprint density at radius 2 is 1.93 bits per heavy atom. The number of hydrogen-bond donors (Lipinski definition) is 0. The van der Waals surface area contributed by atoms with E-state index in [4.69, 9.17) is 11.6 Å². The number of halogens is 3. The molecule has 0 aliphatic heterocycles. The molecule has 1 heterocycles. The van der Waals surface area contributed by atoms with E-state index in [0.29, 0.717) is 16.3 Å². The fourth-order valence-electron chi connectivity index (χ4n) is 1.29. The van der Waals surface area contributed by atoms with Gasteiger partial charge in [0, 0.05) is 20.9 Å². The lowest BCUT2D eigenvalue weighted by Gasteiger charge is -2.05. The minimum atomic E-state index is -0.289. The fraction of sp³-hybridized carbons (Fsp3) is 0. The van der Waals surface area contributed by atoms with Gasteiger partial charge in [-0.15, -0.1) is 0 Å². The molecule has 0 unspecified atom stereocenters. The Bertz CT molecular complexity index is 502. The number of nitrogens with zero attached hydrogens (tertiary/aromatic N) is 1. The summed E-state index contributed by atoms with van der Waals surface area (Å²) in [5, 5.41) is 0.320. The number of pyridine rings is 1. The SMILES string of the molecule is Fc1ccccc1-c1cc(I)cnc1Cl. The van der Waals surface area contributed by atoms with E-state index in [1.54, 1.807) is 24.4 Å². The molecule has 1 nitrogen and oxygen atoms in total. The quantitative estimate of drug-likeness (QED) is 0.564. The first-order valence-corrected chi connectivity index (χ1v) is 5.70. The average molecular weight is 334 g/mol. The summed E-state index contributed by atoms with van der Waals surface area (Å²) < 4.78 is 14.4. The molecule has 0 atom stereocenters. The smallest absolute Gasteiger partial charge is 0.137 e. The molecular formula is C11H6ClFIN. The van der Waals surface area contributed by atoms with Crippen LogP contribution in [0.3, 0.4) is 0 Å². The van der Waals surface area contributed by atoms with Gasteiger partial charge in [0.15, 0.2) is 0 Å². The number of hydrogen-bond acceptors (Lipinski definition) is 1. The molecule has 1 aromatic carbocycles. The van der Waals surface area contributed by atoms with Crippen molar-refractivity contribution in [1.29, 1.82) is 0 Å². The molecule has 2 rings (SSSR count). The molecule has 0 fully saturated rings. The molecule has 15 heavy (non-hydrogen) atoms. The predicted octanol–water partition coefficient (Wildman–Crippen LogP) is 4.15. The van der Waals surface area contributed by atoms with Gasteiger partial charge in [-0.2, -0.15) is 0 Å². The van der Waals surface area contributed by atoms with Gasteiger partial charge in [-0.25, -0.2) is 9.37 Å². The Hall–Kier alpha value is -0.680. The number of benzene rings is 1. The zero-order valence-electron chi connectivity index (χ0n) is 7.55. The summed E-state index contributed by atoms with van der Waals surface area (Å²) in [6.45, 7) is 0. The predicted molar refractivity (Wildman–Crippen MR) is 67.4 cm³/mol. The minimum Gasteiger partial charge on any atom is -0.243 e. The van der Waals surface area contributed by atoms with Gasteiger partial charge in [-0.1, -0.05) is 29.8 Å². The van der Waals surface area contributed by atoms with Crippen molar-refractivity contribution >= 4 is 34.2 Å². The molecular weight excluding hydrogens is 327 g/mol. The monoisotopic (exact) mass is 333 g/mol. The fourth-order valence-corrected chi connectivity index (χ4v) is 1.95. The van der Waals surface area contributed by atoms with Crippen molar-refractivity contribution in [3.05, 3.63) is 51.1 Å². The number of rotatable bonds is 1. The Morgan fingerprint density at radius 1 is 1.20 bits per heavy atom. The second kappa shape index (κ2) is 4.45. The van der Waals surface area contributed by atoms with Crippen LogP contribution in [0.15, 0.2) is 36.5 Å². The average Bonchev–Trinajstić information content (AvgIpc) is 2.23. The van der Waals surface area contributed by atoms with Crippen LogP contribution in [0.4, 0.5) is 4.39 Å². The highest BCUT2D eigenvalue weighted by Crippen LogP contribution is 2.29. The third-order valence-electron chi connectivity index (χ3n) is 1.97. The van der Waals surface area contributed by atoms with Crippen LogP contribution < -0.4 is 0 Å². The summed E-state index contributed by atoms with van der Waals surface area (Å²) in [5.74, 6) is -0.289. The molecule has 0 aliphatic carbocycles. The summed E-state index contributed by atoms with van der Waals surface area (Å²) in [7, 11) is 0. The molecule has 76 valence electrons. The molecule has 2 aromatic rings. The first-order valence-electron chi connectivity index (χ1n) is 4.24. The van der Waals surface area contributed by atoms with Gasteiger partial charge in [0.25, 0.3) is 0 Å². The van der Waals surface area contributed by atoms with Crippen LogP contribution in [0.1, 0.15) is 0 Å². The zero-order chi connectivity index (χ0) is 10.8. The molecule has 0 amide bonds. The van der Waals surface area contributed by atoms with Gasteiger partial charge < -0.3 is 0 Å². The molecule has 1 aromatic heterocycles. The van der Waals surface area contributed by atoms with Crippen LogP contribution in [0.25, 0.3) is 11.1 Å². The zero-order valence-corrected chi connectivity index (χ0v) is 10.5. The third kappa shape index (κ3) is 2.29. The first kappa shape index (κ1) is 10.8. The van der Waals surface area contributed by atoms with E-state index in [1.165, 1.54) is 6.07 Å². The van der Waals surface area contributed by atoms with Gasteiger partial charge in [0.1, 0.15) is 11.0 Å². The van der Waals surface area contributed by atoms with Crippen LogP contribution in [0, 0.1) is 9.39 Å². The molecule has 0 N–H and O–H groups in total. The van der Waals surface area contributed by atoms with Crippen molar-refractivity contribution in [2.75, 3.05) is 0 Å². The molecule has 4 heteroatoms. The largest absolute Gasteiger partial charge is 0.243 e. The van der Waals surface area contributed by atoms with Crippen molar-refractivity contribution in [2.24, 2.45) is 0 Å². The van der Waals surface area contributed by atoms with Gasteiger partial charge in [-0.3, -0.25) is 0 Å². The molecule has 0 saturated heterocycles. The van der Waals surface area contributed by atoms with Gasteiger partial charge in [0.05, 0.1) is 0 Å². The van der Waals surface area contributed by atoms with Gasteiger partial charge in [-0.05, 0) is 34.7 Å². The normalized spacial score (nSPS) is 10.3. The highest BCUT2D eigenvalue weighted by Gasteiger charge is 2.09. The standard InChI is InChI=1S/C11H6ClFIN/c12-11-9(5-7(14)6-15-11)8-3-1-2-4-10(8)13/h1-6H. The highest BCUT2D eigenvalue weighted by atomic mass is 127. The van der Waals surface area contributed by atoms with Gasteiger partial charge >= 0.3 is 0 Å². The van der Waals surface area contributed by atoms with Gasteiger partial charge in [0.2, 0.25) is 0 Å². The second-order valence-corrected chi connectivity index (χ2v) is 4.58. The lowest BCUT2D eigenvalue weighted by atomic mass is 10.1. The van der Waals surface area contributed by atoms with Crippen molar-refractivity contribution in [2.45, 2.75) is 0 Å². The van der Waals surface area contributed by atoms with E-state index < -0.39 is 0 Å². The molecule has 0 spiro atoms. The summed E-state index contributed by atoms with van der Waals surface area (Å²) >= 11 is 8.04. The summed E-state index contributed by atoms with van der Waals surface area (Å²) in [6.07, 6.45) is 1.65. The van der Waals surface area contributed by atoms with E-state index in [-0.39, 0.29) is 5.82 Å². The van der Waals surface area contributed by atoms with Crippen molar-refractivity contribution < 1.29 is 4.39 Å². The van der Waals surface area contributed by atoms with Crippen LogP contribution >= 0.6 is 34.2 Å². The van der Waals surface area contributed by atoms with Crippen LogP contribution in [0.5, 0.6) is 0 Å². The van der Waals surface area contributed by atoms with Crippen molar-refractivity contribution in [1.82, 2.24) is 4.98 Å². The second-order valence-electron chi connectivity index (χ2n) is 2.97. The molecule has 0 radical (unpaired) electrons. The minimum absolute atomic E-state index is 0.289. The molecule has 0 bridgehead atoms. The first-order chi connectivity index (χ1) is 7.18. The summed E-state index contributed by atoms with van der Waals surface area (Å²) in [4.78, 5) is 3.99. The molecule has 0 aliphatic rings. The van der Waals surface area contributed by atoms with E-state index in [1.807, 2.05) is 6.07 Å². The Morgan fingerprint density at radius 3 is 2.67 bits per heavy atom. The summed E-state index contributed by atoms with van der Waals surface area (Å²) in [5.41, 5.74) is 1.11. The van der Waals surface area contributed by atoms with E-state index in [2.05, 4.69) is 27.6 Å². The van der Waals surface area contributed by atoms with Crippen LogP contribution in [0.2, 0.25) is 5.15 Å². The third-order valence-corrected chi connectivity index (χ3v) is 2.86. The highest BCUT2D eigenvalue weighted by molar-refractivity contribution is 14.1. The lowest BCUT2D eigenvalue weighted by Crippen LogP contribution is -1.88. The van der Waals surface area contributed by atoms with E-state index in [0.717, 1.165) is 3.57 Å². The summed E-state index contributed by atoms with van der Waals surface area (Å²) in [6, 6.07) is 8.33. The molecule has 0 saturated carbocycles. The van der Waals surface area contributed by atoms with Crippen molar-refractivity contribution in [3.63, 3.8) is 0 Å². The lowest BCUT2D eigenvalue weighted by molar-refractivity contribution is 0.631. The van der Waals surface area contributed by atoms with E-state index >= 15 is 0 Å². The maximum atomic E-state index is 13.5. The Kier molecular flexibility index (Phi) is 3.21. The van der Waals surface area contributed by atoms with Crippen LogP contribution in [-0.4, -0.2) is 4.98 Å².